The second kappa shape index (κ2) is 8.75. The average molecular weight is 504 g/mol. The maximum absolute atomic E-state index is 13.1. The maximum Gasteiger partial charge on any atom is 0.449 e. The molecule has 0 radical (unpaired) electrons. The zero-order valence-corrected chi connectivity index (χ0v) is 18.6. The molecule has 1 amide bonds. The summed E-state index contributed by atoms with van der Waals surface area (Å²) in [6.45, 7) is 0.496. The molecule has 0 unspecified atom stereocenters. The summed E-state index contributed by atoms with van der Waals surface area (Å²) in [6, 6.07) is 10.9. The number of rotatable bonds is 4. The van der Waals surface area contributed by atoms with E-state index in [-0.39, 0.29) is 35.5 Å². The van der Waals surface area contributed by atoms with Crippen LogP contribution in [-0.2, 0) is 12.8 Å². The Balaban J connectivity index is 1.44. The third-order valence-electron chi connectivity index (χ3n) is 5.42. The second-order valence-electron chi connectivity index (χ2n) is 7.73. The Morgan fingerprint density at radius 2 is 2.09 bits per heavy atom. The molecule has 8 nitrogen and oxygen atoms in total. The van der Waals surface area contributed by atoms with Gasteiger partial charge in [-0.05, 0) is 42.0 Å². The molecule has 5 rings (SSSR count). The molecular weight excluding hydrogens is 487 g/mol. The molecule has 0 saturated heterocycles. The third kappa shape index (κ3) is 4.35. The van der Waals surface area contributed by atoms with Crippen LogP contribution in [0.3, 0.4) is 0 Å². The molecule has 0 aliphatic carbocycles. The molecule has 0 bridgehead atoms. The van der Waals surface area contributed by atoms with Crippen molar-refractivity contribution in [2.45, 2.75) is 12.8 Å². The van der Waals surface area contributed by atoms with Crippen LogP contribution in [0.25, 0.3) is 11.0 Å². The monoisotopic (exact) mass is 503 g/mol. The van der Waals surface area contributed by atoms with Crippen LogP contribution in [-0.4, -0.2) is 39.1 Å². The number of ether oxygens (including phenoxy) is 1. The van der Waals surface area contributed by atoms with E-state index in [0.717, 1.165) is 0 Å². The Hall–Kier alpha value is -3.83. The number of para-hydroxylation sites is 1. The van der Waals surface area contributed by atoms with Gasteiger partial charge in [0.05, 0.1) is 40.5 Å². The Labute approximate surface area is 201 Å². The van der Waals surface area contributed by atoms with Crippen LogP contribution in [0.1, 0.15) is 21.7 Å². The van der Waals surface area contributed by atoms with Gasteiger partial charge in [0, 0.05) is 11.9 Å². The maximum atomic E-state index is 13.1. The van der Waals surface area contributed by atoms with Crippen LogP contribution in [0, 0.1) is 0 Å². The molecule has 1 aliphatic heterocycles. The summed E-state index contributed by atoms with van der Waals surface area (Å²) in [5.74, 6) is -0.846. The number of hydrogen-bond acceptors (Lipinski definition) is 6. The van der Waals surface area contributed by atoms with E-state index in [0.29, 0.717) is 34.4 Å². The van der Waals surface area contributed by atoms with Gasteiger partial charge in [0.15, 0.2) is 11.6 Å². The number of aromatic nitrogens is 3. The molecule has 0 fully saturated rings. The van der Waals surface area contributed by atoms with Crippen molar-refractivity contribution in [3.05, 3.63) is 70.6 Å². The normalized spacial score (nSPS) is 13.5. The summed E-state index contributed by atoms with van der Waals surface area (Å²) in [5, 5.41) is 12.3. The van der Waals surface area contributed by atoms with E-state index in [1.54, 1.807) is 24.3 Å². The topological polar surface area (TPSA) is 103 Å². The second-order valence-corrected chi connectivity index (χ2v) is 8.14. The highest BCUT2D eigenvalue weighted by Crippen LogP contribution is 2.41. The van der Waals surface area contributed by atoms with E-state index in [1.807, 2.05) is 4.90 Å². The number of halogens is 4. The fourth-order valence-corrected chi connectivity index (χ4v) is 4.11. The summed E-state index contributed by atoms with van der Waals surface area (Å²) >= 11 is 6.38. The summed E-state index contributed by atoms with van der Waals surface area (Å²) in [6.07, 6.45) is -3.09. The predicted octanol–water partition coefficient (Wildman–Crippen LogP) is 4.91. The van der Waals surface area contributed by atoms with E-state index >= 15 is 0 Å². The number of hydrogen-bond donors (Lipinski definition) is 3. The van der Waals surface area contributed by atoms with Crippen LogP contribution in [0.15, 0.2) is 48.7 Å². The SMILES string of the molecule is O=C(Nc1ccc2[nH]c(C(F)(F)F)nc2c1)c1cccc2c1OCCN2c1ncc(CO)cc1Cl. The van der Waals surface area contributed by atoms with Crippen molar-refractivity contribution in [2.75, 3.05) is 23.4 Å². The smallest absolute Gasteiger partial charge is 0.449 e. The van der Waals surface area contributed by atoms with E-state index in [9.17, 15) is 23.1 Å². The van der Waals surface area contributed by atoms with Gasteiger partial charge < -0.3 is 25.0 Å². The zero-order chi connectivity index (χ0) is 24.7. The Bertz CT molecular complexity index is 1440. The lowest BCUT2D eigenvalue weighted by Gasteiger charge is -2.32. The highest BCUT2D eigenvalue weighted by atomic mass is 35.5. The lowest BCUT2D eigenvalue weighted by molar-refractivity contribution is -0.144. The van der Waals surface area contributed by atoms with Gasteiger partial charge in [-0.3, -0.25) is 4.79 Å². The molecular formula is C23H17ClF3N5O3. The van der Waals surface area contributed by atoms with Gasteiger partial charge in [0.2, 0.25) is 5.82 Å². The molecule has 0 spiro atoms. The number of aliphatic hydroxyl groups is 1. The number of amides is 1. The predicted molar refractivity (Wildman–Crippen MR) is 123 cm³/mol. The van der Waals surface area contributed by atoms with Crippen LogP contribution in [0.2, 0.25) is 5.02 Å². The Morgan fingerprint density at radius 1 is 1.26 bits per heavy atom. The van der Waals surface area contributed by atoms with Crippen molar-refractivity contribution in [2.24, 2.45) is 0 Å². The minimum absolute atomic E-state index is 0.0692. The van der Waals surface area contributed by atoms with Crippen LogP contribution >= 0.6 is 11.6 Å². The van der Waals surface area contributed by atoms with Crippen LogP contribution in [0.4, 0.5) is 30.4 Å². The molecule has 2 aromatic carbocycles. The molecule has 0 atom stereocenters. The molecule has 180 valence electrons. The van der Waals surface area contributed by atoms with Crippen molar-refractivity contribution in [3.8, 4) is 5.75 Å². The quantitative estimate of drug-likeness (QED) is 0.366. The third-order valence-corrected chi connectivity index (χ3v) is 5.70. The zero-order valence-electron chi connectivity index (χ0n) is 17.9. The minimum atomic E-state index is -4.61. The lowest BCUT2D eigenvalue weighted by atomic mass is 10.1. The molecule has 2 aromatic heterocycles. The first kappa shape index (κ1) is 22.9. The number of nitrogens with zero attached hydrogens (tertiary/aromatic N) is 3. The molecule has 3 N–H and O–H groups in total. The number of carbonyl (C=O) groups excluding carboxylic acids is 1. The molecule has 3 heterocycles. The van der Waals surface area contributed by atoms with Gasteiger partial charge in [0.25, 0.3) is 5.91 Å². The number of pyridine rings is 1. The van der Waals surface area contributed by atoms with E-state index < -0.39 is 17.9 Å². The van der Waals surface area contributed by atoms with Gasteiger partial charge in [-0.15, -0.1) is 0 Å². The number of aromatic amines is 1. The first-order valence-electron chi connectivity index (χ1n) is 10.4. The standard InChI is InChI=1S/C23H17ClF3N5O3/c24-15-8-12(11-33)10-28-20(15)32-6-7-35-19-14(2-1-3-18(19)32)21(34)29-13-4-5-16-17(9-13)31-22(30-16)23(25,26)27/h1-5,8-10,33H,6-7,11H2,(H,29,34)(H,30,31). The average Bonchev–Trinajstić information content (AvgIpc) is 3.27. The van der Waals surface area contributed by atoms with Gasteiger partial charge in [-0.2, -0.15) is 13.2 Å². The van der Waals surface area contributed by atoms with Gasteiger partial charge >= 0.3 is 6.18 Å². The summed E-state index contributed by atoms with van der Waals surface area (Å²) in [5.41, 5.74) is 1.91. The largest absolute Gasteiger partial charge is 0.489 e. The molecule has 35 heavy (non-hydrogen) atoms. The molecule has 1 aliphatic rings. The fraction of sp³-hybridized carbons (Fsp3) is 0.174. The number of anilines is 3. The van der Waals surface area contributed by atoms with Crippen molar-refractivity contribution >= 4 is 45.7 Å². The van der Waals surface area contributed by atoms with Gasteiger partial charge in [-0.25, -0.2) is 9.97 Å². The number of fused-ring (bicyclic) bond motifs is 2. The highest BCUT2D eigenvalue weighted by Gasteiger charge is 2.34. The van der Waals surface area contributed by atoms with E-state index in [1.165, 1.54) is 24.4 Å². The number of aliphatic hydroxyl groups excluding tert-OH is 1. The molecule has 0 saturated carbocycles. The van der Waals surface area contributed by atoms with E-state index in [2.05, 4.69) is 20.3 Å². The first-order valence-corrected chi connectivity index (χ1v) is 10.8. The number of alkyl halides is 3. The number of nitrogens with one attached hydrogen (secondary N) is 2. The highest BCUT2D eigenvalue weighted by molar-refractivity contribution is 6.33. The Morgan fingerprint density at radius 3 is 2.83 bits per heavy atom. The number of carbonyl (C=O) groups is 1. The summed E-state index contributed by atoms with van der Waals surface area (Å²) < 4.78 is 44.6. The molecule has 4 aromatic rings. The van der Waals surface area contributed by atoms with Crippen molar-refractivity contribution < 1.29 is 27.8 Å². The molecule has 12 heteroatoms. The lowest BCUT2D eigenvalue weighted by Crippen LogP contribution is -2.31. The fourth-order valence-electron chi connectivity index (χ4n) is 3.82. The van der Waals surface area contributed by atoms with Crippen molar-refractivity contribution in [3.63, 3.8) is 0 Å². The number of benzene rings is 2. The van der Waals surface area contributed by atoms with Crippen LogP contribution in [0.5, 0.6) is 5.75 Å². The first-order chi connectivity index (χ1) is 16.7. The number of imidazole rings is 1. The summed E-state index contributed by atoms with van der Waals surface area (Å²) in [7, 11) is 0. The van der Waals surface area contributed by atoms with Gasteiger partial charge in [0.1, 0.15) is 6.61 Å². The van der Waals surface area contributed by atoms with Crippen molar-refractivity contribution in [1.29, 1.82) is 0 Å². The number of H-pyrrole nitrogens is 1. The summed E-state index contributed by atoms with van der Waals surface area (Å²) in [4.78, 5) is 25.0. The van der Waals surface area contributed by atoms with Crippen molar-refractivity contribution in [1.82, 2.24) is 15.0 Å². The minimum Gasteiger partial charge on any atom is -0.489 e. The van der Waals surface area contributed by atoms with Crippen LogP contribution < -0.4 is 15.0 Å². The van der Waals surface area contributed by atoms with E-state index in [4.69, 9.17) is 16.3 Å². The Kier molecular flexibility index (Phi) is 5.73. The van der Waals surface area contributed by atoms with Gasteiger partial charge in [-0.1, -0.05) is 17.7 Å².